The number of imide groups is 1. The number of piperazine rings is 1. The zero-order valence-electron chi connectivity index (χ0n) is 14.9. The van der Waals surface area contributed by atoms with E-state index in [0.717, 1.165) is 57.7 Å². The number of fused-ring (bicyclic) bond motifs is 1. The van der Waals surface area contributed by atoms with Crippen LogP contribution in [0.25, 0.3) is 0 Å². The van der Waals surface area contributed by atoms with E-state index in [1.54, 1.807) is 4.90 Å². The van der Waals surface area contributed by atoms with Crippen molar-refractivity contribution in [1.29, 1.82) is 0 Å². The van der Waals surface area contributed by atoms with E-state index >= 15 is 0 Å². The smallest absolute Gasteiger partial charge is 0.327 e. The van der Waals surface area contributed by atoms with Gasteiger partial charge >= 0.3 is 6.03 Å². The average Bonchev–Trinajstić information content (AvgIpc) is 2.92. The van der Waals surface area contributed by atoms with Crippen LogP contribution in [0.5, 0.6) is 0 Å². The molecule has 0 radical (unpaired) electrons. The Morgan fingerprint density at radius 2 is 1.65 bits per heavy atom. The molecule has 3 saturated heterocycles. The molecular weight excluding hydrogens is 335 g/mol. The minimum absolute atomic E-state index is 0.0142. The maximum absolute atomic E-state index is 13.0. The Kier molecular flexibility index (Phi) is 4.80. The third-order valence-electron chi connectivity index (χ3n) is 5.73. The van der Waals surface area contributed by atoms with E-state index in [0.29, 0.717) is 13.1 Å². The van der Waals surface area contributed by atoms with E-state index in [-0.39, 0.29) is 23.8 Å². The van der Waals surface area contributed by atoms with Gasteiger partial charge in [-0.3, -0.25) is 14.6 Å². The molecule has 1 atom stereocenters. The number of hydrogen-bond acceptors (Lipinski definition) is 4. The average molecular weight is 360 g/mol. The molecule has 0 unspecified atom stereocenters. The lowest BCUT2D eigenvalue weighted by Crippen LogP contribution is -2.49. The second-order valence-corrected chi connectivity index (χ2v) is 7.28. The van der Waals surface area contributed by atoms with Crippen molar-refractivity contribution in [2.75, 3.05) is 50.7 Å². The van der Waals surface area contributed by atoms with Crippen LogP contribution in [-0.2, 0) is 4.79 Å². The Morgan fingerprint density at radius 3 is 2.35 bits per heavy atom. The van der Waals surface area contributed by atoms with Gasteiger partial charge in [0.1, 0.15) is 11.9 Å². The van der Waals surface area contributed by atoms with Crippen molar-refractivity contribution in [2.24, 2.45) is 0 Å². The number of piperidine rings is 1. The van der Waals surface area contributed by atoms with Crippen molar-refractivity contribution in [3.63, 3.8) is 0 Å². The molecule has 0 spiro atoms. The van der Waals surface area contributed by atoms with E-state index in [4.69, 9.17) is 0 Å². The maximum Gasteiger partial charge on any atom is 0.327 e. The number of amides is 3. The fourth-order valence-electron chi connectivity index (χ4n) is 4.18. The predicted octanol–water partition coefficient (Wildman–Crippen LogP) is 1.76. The molecule has 1 aromatic rings. The van der Waals surface area contributed by atoms with E-state index in [1.165, 1.54) is 17.0 Å². The van der Waals surface area contributed by atoms with E-state index < -0.39 is 0 Å². The van der Waals surface area contributed by atoms with Gasteiger partial charge in [0.05, 0.1) is 0 Å². The number of rotatable bonds is 4. The number of anilines is 1. The fraction of sp³-hybridized carbons (Fsp3) is 0.579. The molecule has 140 valence electrons. The molecule has 3 aliphatic heterocycles. The Morgan fingerprint density at radius 1 is 0.923 bits per heavy atom. The van der Waals surface area contributed by atoms with Crippen LogP contribution in [0.2, 0.25) is 0 Å². The second kappa shape index (κ2) is 7.23. The molecule has 7 heteroatoms. The summed E-state index contributed by atoms with van der Waals surface area (Å²) >= 11 is 0. The lowest BCUT2D eigenvalue weighted by atomic mass is 10.0. The summed E-state index contributed by atoms with van der Waals surface area (Å²) in [6.07, 6.45) is 2.82. The van der Waals surface area contributed by atoms with Gasteiger partial charge in [0.15, 0.2) is 0 Å². The molecular formula is C19H25FN4O2. The minimum atomic E-state index is -0.219. The van der Waals surface area contributed by atoms with Crippen molar-refractivity contribution < 1.29 is 14.0 Å². The van der Waals surface area contributed by atoms with Crippen molar-refractivity contribution in [1.82, 2.24) is 14.7 Å². The molecule has 1 aromatic carbocycles. The molecule has 0 bridgehead atoms. The third kappa shape index (κ3) is 3.28. The summed E-state index contributed by atoms with van der Waals surface area (Å²) in [7, 11) is 0. The van der Waals surface area contributed by atoms with Crippen molar-refractivity contribution >= 4 is 17.6 Å². The number of carbonyl (C=O) groups excluding carboxylic acids is 2. The van der Waals surface area contributed by atoms with Crippen LogP contribution in [-0.4, -0.2) is 78.5 Å². The number of carbonyl (C=O) groups is 2. The zero-order chi connectivity index (χ0) is 18.1. The van der Waals surface area contributed by atoms with Gasteiger partial charge in [0, 0.05) is 51.5 Å². The Labute approximate surface area is 153 Å². The van der Waals surface area contributed by atoms with Crippen LogP contribution in [0.3, 0.4) is 0 Å². The van der Waals surface area contributed by atoms with Gasteiger partial charge in [-0.15, -0.1) is 0 Å². The Balaban J connectivity index is 1.28. The zero-order valence-corrected chi connectivity index (χ0v) is 14.9. The molecule has 0 aliphatic carbocycles. The van der Waals surface area contributed by atoms with Gasteiger partial charge in [-0.25, -0.2) is 9.18 Å². The van der Waals surface area contributed by atoms with Crippen LogP contribution >= 0.6 is 0 Å². The van der Waals surface area contributed by atoms with Crippen LogP contribution in [0.15, 0.2) is 24.3 Å². The highest BCUT2D eigenvalue weighted by Crippen LogP contribution is 2.26. The largest absolute Gasteiger partial charge is 0.369 e. The molecule has 3 amide bonds. The quantitative estimate of drug-likeness (QED) is 0.768. The standard InChI is InChI=1S/C19H25FN4O2/c20-15-4-6-16(7-5-15)22-12-9-21(10-13-22)11-14-24-18(25)17-3-1-2-8-23(17)19(24)26/h4-7,17H,1-3,8-14H2/t17-/m0/s1. The third-order valence-corrected chi connectivity index (χ3v) is 5.73. The normalized spacial score (nSPS) is 24.3. The molecule has 6 nitrogen and oxygen atoms in total. The first kappa shape index (κ1) is 17.3. The van der Waals surface area contributed by atoms with Crippen LogP contribution < -0.4 is 4.90 Å². The SMILES string of the molecule is O=C1[C@@H]2CCCCN2C(=O)N1CCN1CCN(c2ccc(F)cc2)CC1. The van der Waals surface area contributed by atoms with E-state index in [1.807, 2.05) is 12.1 Å². The van der Waals surface area contributed by atoms with Crippen LogP contribution in [0, 0.1) is 5.82 Å². The van der Waals surface area contributed by atoms with Crippen LogP contribution in [0.4, 0.5) is 14.9 Å². The highest BCUT2D eigenvalue weighted by molar-refractivity contribution is 6.04. The number of urea groups is 1. The second-order valence-electron chi connectivity index (χ2n) is 7.28. The first-order valence-corrected chi connectivity index (χ1v) is 9.48. The molecule has 26 heavy (non-hydrogen) atoms. The summed E-state index contributed by atoms with van der Waals surface area (Å²) in [5.74, 6) is -0.233. The van der Waals surface area contributed by atoms with Gasteiger partial charge in [0.25, 0.3) is 5.91 Å². The summed E-state index contributed by atoms with van der Waals surface area (Å²) in [5.41, 5.74) is 1.04. The van der Waals surface area contributed by atoms with Crippen LogP contribution in [0.1, 0.15) is 19.3 Å². The van der Waals surface area contributed by atoms with Crippen molar-refractivity contribution in [2.45, 2.75) is 25.3 Å². The summed E-state index contributed by atoms with van der Waals surface area (Å²) in [4.78, 5) is 32.7. The fourth-order valence-corrected chi connectivity index (χ4v) is 4.18. The summed E-state index contributed by atoms with van der Waals surface area (Å²) in [6.45, 7) is 5.38. The number of hydrogen-bond donors (Lipinski definition) is 0. The van der Waals surface area contributed by atoms with Gasteiger partial charge in [-0.1, -0.05) is 0 Å². The minimum Gasteiger partial charge on any atom is -0.369 e. The molecule has 4 rings (SSSR count). The van der Waals surface area contributed by atoms with E-state index in [9.17, 15) is 14.0 Å². The van der Waals surface area contributed by atoms with Gasteiger partial charge in [-0.2, -0.15) is 0 Å². The molecule has 3 fully saturated rings. The Bertz CT molecular complexity index is 649. The maximum atomic E-state index is 13.0. The summed E-state index contributed by atoms with van der Waals surface area (Å²) in [5, 5.41) is 0. The van der Waals surface area contributed by atoms with Gasteiger partial charge < -0.3 is 9.80 Å². The lowest BCUT2D eigenvalue weighted by Gasteiger charge is -2.36. The first-order chi connectivity index (χ1) is 12.6. The number of halogens is 1. The Hall–Kier alpha value is -2.15. The number of nitrogens with zero attached hydrogens (tertiary/aromatic N) is 4. The van der Waals surface area contributed by atoms with Gasteiger partial charge in [0.2, 0.25) is 0 Å². The van der Waals surface area contributed by atoms with Crippen molar-refractivity contribution in [3.8, 4) is 0 Å². The highest BCUT2D eigenvalue weighted by Gasteiger charge is 2.45. The first-order valence-electron chi connectivity index (χ1n) is 9.48. The molecule has 3 heterocycles. The monoisotopic (exact) mass is 360 g/mol. The highest BCUT2D eigenvalue weighted by atomic mass is 19.1. The summed E-state index contributed by atoms with van der Waals surface area (Å²) < 4.78 is 13.0. The number of benzene rings is 1. The predicted molar refractivity (Wildman–Crippen MR) is 96.5 cm³/mol. The van der Waals surface area contributed by atoms with E-state index in [2.05, 4.69) is 9.80 Å². The summed E-state index contributed by atoms with van der Waals surface area (Å²) in [6, 6.07) is 6.27. The molecule has 0 N–H and O–H groups in total. The van der Waals surface area contributed by atoms with Gasteiger partial charge in [-0.05, 0) is 43.5 Å². The lowest BCUT2D eigenvalue weighted by molar-refractivity contribution is -0.129. The molecule has 3 aliphatic rings. The van der Waals surface area contributed by atoms with Crippen molar-refractivity contribution in [3.05, 3.63) is 30.1 Å². The molecule has 0 saturated carbocycles. The topological polar surface area (TPSA) is 47.1 Å². The molecule has 0 aromatic heterocycles.